The molecule has 4 heteroatoms. The summed E-state index contributed by atoms with van der Waals surface area (Å²) in [4.78, 5) is 28.0. The molecule has 0 radical (unpaired) electrons. The van der Waals surface area contributed by atoms with E-state index in [4.69, 9.17) is 0 Å². The Hall–Kier alpha value is -2.62. The Morgan fingerprint density at radius 1 is 0.625 bits per heavy atom. The molecule has 0 bridgehead atoms. The van der Waals surface area contributed by atoms with Crippen LogP contribution in [0.15, 0.2) is 60.7 Å². The zero-order valence-corrected chi connectivity index (χ0v) is 13.7. The minimum absolute atomic E-state index is 0.370. The van der Waals surface area contributed by atoms with E-state index in [-0.39, 0.29) is 11.8 Å². The third-order valence-electron chi connectivity index (χ3n) is 4.42. The van der Waals surface area contributed by atoms with Gasteiger partial charge in [-0.25, -0.2) is 0 Å². The van der Waals surface area contributed by atoms with Crippen LogP contribution in [0.3, 0.4) is 0 Å². The van der Waals surface area contributed by atoms with Gasteiger partial charge >= 0.3 is 11.8 Å². The van der Waals surface area contributed by atoms with Crippen molar-refractivity contribution >= 4 is 11.8 Å². The fourth-order valence-corrected chi connectivity index (χ4v) is 2.96. The summed E-state index contributed by atoms with van der Waals surface area (Å²) in [5, 5.41) is 0. The largest absolute Gasteiger partial charge is 0.332 e. The van der Waals surface area contributed by atoms with Crippen LogP contribution in [-0.2, 0) is 22.4 Å². The fraction of sp³-hybridized carbons (Fsp3) is 0.300. The minimum Gasteiger partial charge on any atom is -0.332 e. The van der Waals surface area contributed by atoms with E-state index in [1.807, 2.05) is 60.7 Å². The van der Waals surface area contributed by atoms with Crippen LogP contribution in [0.1, 0.15) is 11.1 Å². The summed E-state index contributed by atoms with van der Waals surface area (Å²) < 4.78 is 0. The Kier molecular flexibility index (Phi) is 5.26. The Morgan fingerprint density at radius 2 is 1.00 bits per heavy atom. The van der Waals surface area contributed by atoms with E-state index in [0.717, 1.165) is 12.8 Å². The average Bonchev–Trinajstić information content (AvgIpc) is 2.64. The molecule has 0 unspecified atom stereocenters. The molecule has 24 heavy (non-hydrogen) atoms. The van der Waals surface area contributed by atoms with Crippen LogP contribution in [0.2, 0.25) is 0 Å². The molecular formula is C20H22N2O2. The Morgan fingerprint density at radius 3 is 1.38 bits per heavy atom. The van der Waals surface area contributed by atoms with Gasteiger partial charge in [-0.15, -0.1) is 0 Å². The third-order valence-corrected chi connectivity index (χ3v) is 4.42. The first kappa shape index (κ1) is 16.2. The van der Waals surface area contributed by atoms with Crippen LogP contribution in [0.25, 0.3) is 0 Å². The number of rotatable bonds is 6. The number of benzene rings is 2. The van der Waals surface area contributed by atoms with Crippen LogP contribution in [0.5, 0.6) is 0 Å². The van der Waals surface area contributed by atoms with Crippen molar-refractivity contribution in [2.45, 2.75) is 12.8 Å². The molecule has 1 fully saturated rings. The topological polar surface area (TPSA) is 40.6 Å². The van der Waals surface area contributed by atoms with Gasteiger partial charge in [0, 0.05) is 26.2 Å². The second-order valence-corrected chi connectivity index (χ2v) is 6.06. The summed E-state index contributed by atoms with van der Waals surface area (Å²) in [5.74, 6) is -0.740. The fourth-order valence-electron chi connectivity index (χ4n) is 2.96. The monoisotopic (exact) mass is 322 g/mol. The molecule has 1 aliphatic rings. The van der Waals surface area contributed by atoms with E-state index in [9.17, 15) is 9.59 Å². The maximum atomic E-state index is 12.3. The van der Waals surface area contributed by atoms with Crippen LogP contribution < -0.4 is 0 Å². The van der Waals surface area contributed by atoms with Crippen molar-refractivity contribution in [1.82, 2.24) is 9.80 Å². The zero-order chi connectivity index (χ0) is 16.8. The summed E-state index contributed by atoms with van der Waals surface area (Å²) >= 11 is 0. The van der Waals surface area contributed by atoms with E-state index < -0.39 is 0 Å². The lowest BCUT2D eigenvalue weighted by atomic mass is 10.1. The molecule has 1 saturated heterocycles. The Balaban J connectivity index is 1.51. The van der Waals surface area contributed by atoms with Crippen molar-refractivity contribution in [2.24, 2.45) is 0 Å². The number of carbonyl (C=O) groups is 2. The summed E-state index contributed by atoms with van der Waals surface area (Å²) in [6, 6.07) is 20.1. The minimum atomic E-state index is -0.370. The van der Waals surface area contributed by atoms with Gasteiger partial charge in [0.25, 0.3) is 0 Å². The highest BCUT2D eigenvalue weighted by Crippen LogP contribution is 2.09. The SMILES string of the molecule is O=C1C(=O)N(CCc2ccccc2)CCN1CCc1ccccc1. The smallest absolute Gasteiger partial charge is 0.312 e. The van der Waals surface area contributed by atoms with Gasteiger partial charge in [0.2, 0.25) is 0 Å². The first-order valence-electron chi connectivity index (χ1n) is 8.40. The van der Waals surface area contributed by atoms with Crippen LogP contribution in [0.4, 0.5) is 0 Å². The van der Waals surface area contributed by atoms with Crippen LogP contribution >= 0.6 is 0 Å². The molecule has 4 nitrogen and oxygen atoms in total. The van der Waals surface area contributed by atoms with Gasteiger partial charge in [-0.1, -0.05) is 60.7 Å². The maximum absolute atomic E-state index is 12.3. The van der Waals surface area contributed by atoms with Gasteiger partial charge in [0.05, 0.1) is 0 Å². The van der Waals surface area contributed by atoms with Gasteiger partial charge in [0.1, 0.15) is 0 Å². The Labute approximate surface area is 142 Å². The van der Waals surface area contributed by atoms with Gasteiger partial charge in [0.15, 0.2) is 0 Å². The molecule has 0 spiro atoms. The van der Waals surface area contributed by atoms with Crippen molar-refractivity contribution in [1.29, 1.82) is 0 Å². The molecule has 1 heterocycles. The molecular weight excluding hydrogens is 300 g/mol. The van der Waals surface area contributed by atoms with Crippen molar-refractivity contribution in [2.75, 3.05) is 26.2 Å². The van der Waals surface area contributed by atoms with Gasteiger partial charge in [-0.05, 0) is 24.0 Å². The molecule has 0 aliphatic carbocycles. The molecule has 0 atom stereocenters. The first-order chi connectivity index (χ1) is 11.7. The molecule has 124 valence electrons. The molecule has 0 N–H and O–H groups in total. The summed E-state index contributed by atoms with van der Waals surface area (Å²) in [5.41, 5.74) is 2.37. The number of hydrogen-bond donors (Lipinski definition) is 0. The van der Waals surface area contributed by atoms with Crippen LogP contribution in [-0.4, -0.2) is 47.8 Å². The molecule has 2 aromatic carbocycles. The van der Waals surface area contributed by atoms with E-state index in [1.54, 1.807) is 9.80 Å². The molecule has 0 saturated carbocycles. The number of hydrogen-bond acceptors (Lipinski definition) is 2. The average molecular weight is 322 g/mol. The van der Waals surface area contributed by atoms with Crippen LogP contribution in [0, 0.1) is 0 Å². The molecule has 1 aliphatic heterocycles. The van der Waals surface area contributed by atoms with Crippen molar-refractivity contribution < 1.29 is 9.59 Å². The number of carbonyl (C=O) groups excluding carboxylic acids is 2. The van der Waals surface area contributed by atoms with Gasteiger partial charge in [-0.3, -0.25) is 9.59 Å². The van der Waals surface area contributed by atoms with Crippen molar-refractivity contribution in [3.05, 3.63) is 71.8 Å². The Bertz CT molecular complexity index is 624. The summed E-state index contributed by atoms with van der Waals surface area (Å²) in [6.07, 6.45) is 1.56. The standard InChI is InChI=1S/C20H22N2O2/c23-19-20(24)22(14-12-18-9-5-2-6-10-18)16-15-21(19)13-11-17-7-3-1-4-8-17/h1-10H,11-16H2. The van der Waals surface area contributed by atoms with E-state index in [0.29, 0.717) is 26.2 Å². The second kappa shape index (κ2) is 7.77. The maximum Gasteiger partial charge on any atom is 0.312 e. The van der Waals surface area contributed by atoms with Gasteiger partial charge in [-0.2, -0.15) is 0 Å². The predicted octanol–water partition coefficient (Wildman–Crippen LogP) is 2.14. The number of amides is 2. The predicted molar refractivity (Wildman–Crippen MR) is 93.5 cm³/mol. The highest BCUT2D eigenvalue weighted by molar-refractivity contribution is 6.35. The lowest BCUT2D eigenvalue weighted by Gasteiger charge is -2.33. The first-order valence-corrected chi connectivity index (χ1v) is 8.40. The van der Waals surface area contributed by atoms with E-state index in [2.05, 4.69) is 0 Å². The number of nitrogens with zero attached hydrogens (tertiary/aromatic N) is 2. The number of piperazine rings is 1. The van der Waals surface area contributed by atoms with Gasteiger partial charge < -0.3 is 9.80 Å². The summed E-state index contributed by atoms with van der Waals surface area (Å²) in [7, 11) is 0. The molecule has 2 amide bonds. The quantitative estimate of drug-likeness (QED) is 0.765. The highest BCUT2D eigenvalue weighted by atomic mass is 16.2. The van der Waals surface area contributed by atoms with Crippen molar-refractivity contribution in [3.63, 3.8) is 0 Å². The summed E-state index contributed by atoms with van der Waals surface area (Å²) in [6.45, 7) is 2.43. The third kappa shape index (κ3) is 4.02. The molecule has 3 rings (SSSR count). The van der Waals surface area contributed by atoms with Crippen molar-refractivity contribution in [3.8, 4) is 0 Å². The lowest BCUT2D eigenvalue weighted by Crippen LogP contribution is -2.55. The normalized spacial score (nSPS) is 15.0. The lowest BCUT2D eigenvalue weighted by molar-refractivity contribution is -0.155. The zero-order valence-electron chi connectivity index (χ0n) is 13.7. The second-order valence-electron chi connectivity index (χ2n) is 6.06. The molecule has 2 aromatic rings. The van der Waals surface area contributed by atoms with E-state index in [1.165, 1.54) is 11.1 Å². The van der Waals surface area contributed by atoms with E-state index >= 15 is 0 Å². The highest BCUT2D eigenvalue weighted by Gasteiger charge is 2.31. The molecule has 0 aromatic heterocycles.